The third-order valence-corrected chi connectivity index (χ3v) is 10.1. The molecule has 0 aliphatic rings. The van der Waals surface area contributed by atoms with Gasteiger partial charge in [-0.3, -0.25) is 0 Å². The van der Waals surface area contributed by atoms with Gasteiger partial charge in [0, 0.05) is 33.2 Å². The predicted molar refractivity (Wildman–Crippen MR) is 204 cm³/mol. The highest BCUT2D eigenvalue weighted by molar-refractivity contribution is 6.32. The van der Waals surface area contributed by atoms with Gasteiger partial charge in [-0.1, -0.05) is 103 Å². The van der Waals surface area contributed by atoms with Crippen molar-refractivity contribution in [1.29, 1.82) is 0 Å². The topological polar surface area (TPSA) is 8.17 Å². The summed E-state index contributed by atoms with van der Waals surface area (Å²) in [6.45, 7) is 0. The summed E-state index contributed by atoms with van der Waals surface area (Å²) in [5.74, 6) is -3.97. The van der Waals surface area contributed by atoms with Crippen molar-refractivity contribution in [2.45, 2.75) is 0 Å². The molecule has 0 saturated heterocycles. The van der Waals surface area contributed by atoms with Crippen LogP contribution in [0.5, 0.6) is 0 Å². The van der Waals surface area contributed by atoms with Gasteiger partial charge in [0.2, 0.25) is 0 Å². The summed E-state index contributed by atoms with van der Waals surface area (Å²) < 4.78 is 46.0. The molecule has 10 aromatic rings. The number of fused-ring (bicyclic) bond motifs is 4. The van der Waals surface area contributed by atoms with Crippen molar-refractivity contribution in [3.63, 3.8) is 0 Å². The molecule has 0 amide bonds. The van der Waals surface area contributed by atoms with Crippen LogP contribution in [-0.2, 0) is 0 Å². The summed E-state index contributed by atoms with van der Waals surface area (Å²) in [5.41, 5.74) is 6.69. The zero-order chi connectivity index (χ0) is 34.2. The lowest BCUT2D eigenvalue weighted by Crippen LogP contribution is -2.13. The van der Waals surface area contributed by atoms with Crippen LogP contribution >= 0.6 is 0 Å². The molecule has 5 heteroatoms. The van der Waals surface area contributed by atoms with Crippen molar-refractivity contribution in [2.24, 2.45) is 0 Å². The second-order valence-corrected chi connectivity index (χ2v) is 12.9. The van der Waals surface area contributed by atoms with E-state index in [0.717, 1.165) is 33.7 Å². The van der Waals surface area contributed by atoms with E-state index in [9.17, 15) is 8.78 Å². The molecule has 0 aliphatic carbocycles. The zero-order valence-corrected chi connectivity index (χ0v) is 27.1. The minimum Gasteiger partial charge on any atom is -0.309 e. The number of rotatable bonds is 5. The fourth-order valence-electron chi connectivity index (χ4n) is 7.90. The standard InChI is InChI=1S/C46H27F3N2/c47-39-25-26-41(45(49)44(39)48)50(31-9-3-1-4-10-31)33-20-15-28(16-21-33)34-22-17-29-18-24-37-43-30(19-23-36(34)42(29)43)27-38-35-13-7-8-14-40(35)51(46(37)38)32-11-5-2-6-12-32/h1-27H. The normalized spacial score (nSPS) is 11.8. The SMILES string of the molecule is Fc1ccc(N(c2ccccc2)c2ccc(-c3ccc4ccc5c6c(ccc3c46)cc3c4ccccc4n(-c4ccccc4)c35)cc2)c(F)c1F. The Hall–Kier alpha value is -6.59. The van der Waals surface area contributed by atoms with Crippen LogP contribution < -0.4 is 4.90 Å². The quantitative estimate of drug-likeness (QED) is 0.131. The fourth-order valence-corrected chi connectivity index (χ4v) is 7.90. The summed E-state index contributed by atoms with van der Waals surface area (Å²) in [4.78, 5) is 1.60. The van der Waals surface area contributed by atoms with Crippen molar-refractivity contribution in [2.75, 3.05) is 4.90 Å². The Bertz CT molecular complexity index is 2930. The minimum atomic E-state index is -1.50. The first-order valence-corrected chi connectivity index (χ1v) is 16.8. The maximum Gasteiger partial charge on any atom is 0.196 e. The van der Waals surface area contributed by atoms with Crippen molar-refractivity contribution < 1.29 is 13.2 Å². The Morgan fingerprint density at radius 1 is 0.451 bits per heavy atom. The maximum absolute atomic E-state index is 15.2. The molecule has 10 rings (SSSR count). The first-order chi connectivity index (χ1) is 25.1. The van der Waals surface area contributed by atoms with Crippen LogP contribution in [0, 0.1) is 17.5 Å². The average Bonchev–Trinajstić information content (AvgIpc) is 3.52. The monoisotopic (exact) mass is 664 g/mol. The molecular weight excluding hydrogens is 638 g/mol. The van der Waals surface area contributed by atoms with Gasteiger partial charge in [-0.15, -0.1) is 0 Å². The number of nitrogens with zero attached hydrogens (tertiary/aromatic N) is 2. The summed E-state index contributed by atoms with van der Waals surface area (Å²) in [6.07, 6.45) is 0. The Balaban J connectivity index is 1.17. The second-order valence-electron chi connectivity index (χ2n) is 12.9. The van der Waals surface area contributed by atoms with Crippen LogP contribution in [0.2, 0.25) is 0 Å². The molecule has 0 bridgehead atoms. The lowest BCUT2D eigenvalue weighted by molar-refractivity contribution is 0.448. The minimum absolute atomic E-state index is 0.0742. The molecule has 1 aromatic heterocycles. The van der Waals surface area contributed by atoms with Gasteiger partial charge in [-0.25, -0.2) is 13.2 Å². The average molecular weight is 665 g/mol. The molecule has 0 N–H and O–H groups in total. The molecule has 0 unspecified atom stereocenters. The Labute approximate surface area is 291 Å². The smallest absolute Gasteiger partial charge is 0.196 e. The van der Waals surface area contributed by atoms with E-state index < -0.39 is 17.5 Å². The molecule has 0 saturated carbocycles. The van der Waals surface area contributed by atoms with Crippen molar-refractivity contribution in [3.05, 3.63) is 181 Å². The van der Waals surface area contributed by atoms with Gasteiger partial charge < -0.3 is 9.47 Å². The number of benzene rings is 9. The zero-order valence-electron chi connectivity index (χ0n) is 27.1. The maximum atomic E-state index is 15.2. The van der Waals surface area contributed by atoms with Crippen LogP contribution in [0.25, 0.3) is 70.9 Å². The van der Waals surface area contributed by atoms with Crippen molar-refractivity contribution in [3.8, 4) is 16.8 Å². The number of anilines is 3. The number of aromatic nitrogens is 1. The van der Waals surface area contributed by atoms with E-state index in [0.29, 0.717) is 11.4 Å². The Kier molecular flexibility index (Phi) is 6.46. The Morgan fingerprint density at radius 3 is 1.90 bits per heavy atom. The fraction of sp³-hybridized carbons (Fsp3) is 0. The summed E-state index contributed by atoms with van der Waals surface area (Å²) in [5, 5.41) is 9.53. The van der Waals surface area contributed by atoms with Crippen LogP contribution in [-0.4, -0.2) is 4.57 Å². The molecule has 0 atom stereocenters. The number of para-hydroxylation sites is 3. The lowest BCUT2D eigenvalue weighted by Gasteiger charge is -2.26. The van der Waals surface area contributed by atoms with E-state index in [1.807, 2.05) is 60.7 Å². The van der Waals surface area contributed by atoms with Crippen LogP contribution in [0.1, 0.15) is 0 Å². The second kappa shape index (κ2) is 11.2. The van der Waals surface area contributed by atoms with E-state index >= 15 is 4.39 Å². The largest absolute Gasteiger partial charge is 0.309 e. The first kappa shape index (κ1) is 29.3. The van der Waals surface area contributed by atoms with E-state index in [1.165, 1.54) is 49.4 Å². The molecule has 0 spiro atoms. The summed E-state index contributed by atoms with van der Waals surface area (Å²) >= 11 is 0. The van der Waals surface area contributed by atoms with Gasteiger partial charge >= 0.3 is 0 Å². The van der Waals surface area contributed by atoms with Gasteiger partial charge in [-0.2, -0.15) is 0 Å². The van der Waals surface area contributed by atoms with E-state index in [4.69, 9.17) is 0 Å². The van der Waals surface area contributed by atoms with Gasteiger partial charge in [-0.05, 0) is 98.7 Å². The number of hydrogen-bond acceptors (Lipinski definition) is 1. The third kappa shape index (κ3) is 4.38. The number of halogens is 3. The predicted octanol–water partition coefficient (Wildman–Crippen LogP) is 13.2. The van der Waals surface area contributed by atoms with Crippen LogP contribution in [0.4, 0.5) is 30.2 Å². The number of hydrogen-bond donors (Lipinski definition) is 0. The van der Waals surface area contributed by atoms with Crippen molar-refractivity contribution in [1.82, 2.24) is 4.57 Å². The van der Waals surface area contributed by atoms with E-state index in [1.54, 1.807) is 4.90 Å². The molecule has 2 nitrogen and oxygen atoms in total. The summed E-state index contributed by atoms with van der Waals surface area (Å²) in [6, 6.07) is 53.8. The molecule has 0 aliphatic heterocycles. The van der Waals surface area contributed by atoms with Crippen molar-refractivity contribution >= 4 is 71.2 Å². The molecule has 51 heavy (non-hydrogen) atoms. The molecule has 242 valence electrons. The lowest BCUT2D eigenvalue weighted by atomic mass is 9.89. The molecule has 0 fully saturated rings. The summed E-state index contributed by atoms with van der Waals surface area (Å²) in [7, 11) is 0. The Morgan fingerprint density at radius 2 is 1.10 bits per heavy atom. The van der Waals surface area contributed by atoms with Gasteiger partial charge in [0.1, 0.15) is 0 Å². The van der Waals surface area contributed by atoms with E-state index in [-0.39, 0.29) is 5.69 Å². The van der Waals surface area contributed by atoms with Gasteiger partial charge in [0.25, 0.3) is 0 Å². The first-order valence-electron chi connectivity index (χ1n) is 16.8. The highest BCUT2D eigenvalue weighted by Gasteiger charge is 2.23. The van der Waals surface area contributed by atoms with Crippen LogP contribution in [0.15, 0.2) is 164 Å². The highest BCUT2D eigenvalue weighted by Crippen LogP contribution is 2.45. The molecular formula is C46H27F3N2. The van der Waals surface area contributed by atoms with Gasteiger partial charge in [0.15, 0.2) is 17.5 Å². The molecule has 1 heterocycles. The van der Waals surface area contributed by atoms with E-state index in [2.05, 4.69) is 95.6 Å². The molecule has 9 aromatic carbocycles. The third-order valence-electron chi connectivity index (χ3n) is 10.1. The molecule has 0 radical (unpaired) electrons. The highest BCUT2D eigenvalue weighted by atomic mass is 19.2. The van der Waals surface area contributed by atoms with Crippen LogP contribution in [0.3, 0.4) is 0 Å². The van der Waals surface area contributed by atoms with Gasteiger partial charge in [0.05, 0.1) is 16.7 Å².